The first-order valence-corrected chi connectivity index (χ1v) is 8.12. The van der Waals surface area contributed by atoms with E-state index in [9.17, 15) is 0 Å². The van der Waals surface area contributed by atoms with Crippen LogP contribution in [0.3, 0.4) is 0 Å². The summed E-state index contributed by atoms with van der Waals surface area (Å²) in [5.74, 6) is 0.946. The predicted octanol–water partition coefficient (Wildman–Crippen LogP) is 2.75. The highest BCUT2D eigenvalue weighted by Crippen LogP contribution is 2.19. The van der Waals surface area contributed by atoms with Gasteiger partial charge in [-0.1, -0.05) is 11.6 Å². The number of allylic oxidation sites excluding steroid dienone is 1. The fraction of sp³-hybridized carbons (Fsp3) is 0.812. The van der Waals surface area contributed by atoms with E-state index in [1.165, 1.54) is 45.1 Å². The van der Waals surface area contributed by atoms with Crippen molar-refractivity contribution in [2.24, 2.45) is 4.99 Å². The molecule has 21 heavy (non-hydrogen) atoms. The third-order valence-corrected chi connectivity index (χ3v) is 4.52. The van der Waals surface area contributed by atoms with Gasteiger partial charge in [0, 0.05) is 26.2 Å². The third kappa shape index (κ3) is 6.55. The minimum atomic E-state index is 0. The average molecular weight is 406 g/mol. The topological polar surface area (TPSA) is 39.7 Å². The van der Waals surface area contributed by atoms with Gasteiger partial charge in [0.1, 0.15) is 0 Å². The average Bonchev–Trinajstić information content (AvgIpc) is 2.89. The van der Waals surface area contributed by atoms with Crippen LogP contribution in [0.5, 0.6) is 0 Å². The summed E-state index contributed by atoms with van der Waals surface area (Å²) in [6.07, 6.45) is 11.5. The lowest BCUT2D eigenvalue weighted by atomic mass is 9.97. The Morgan fingerprint density at radius 3 is 2.81 bits per heavy atom. The van der Waals surface area contributed by atoms with E-state index in [4.69, 9.17) is 0 Å². The Morgan fingerprint density at radius 2 is 2.19 bits per heavy atom. The minimum absolute atomic E-state index is 0. The van der Waals surface area contributed by atoms with Crippen LogP contribution in [0.2, 0.25) is 0 Å². The highest BCUT2D eigenvalue weighted by molar-refractivity contribution is 14.0. The second-order valence-corrected chi connectivity index (χ2v) is 6.01. The van der Waals surface area contributed by atoms with Gasteiger partial charge in [0.2, 0.25) is 0 Å². The van der Waals surface area contributed by atoms with Gasteiger partial charge in [-0.15, -0.1) is 24.0 Å². The number of hydrogen-bond acceptors (Lipinski definition) is 2. The molecule has 1 aliphatic carbocycles. The van der Waals surface area contributed by atoms with Gasteiger partial charge in [-0.05, 0) is 58.5 Å². The number of halogens is 1. The number of likely N-dealkylation sites (N-methyl/N-ethyl adjacent to an activating group) is 1. The molecule has 0 spiro atoms. The van der Waals surface area contributed by atoms with E-state index in [2.05, 4.69) is 33.6 Å². The number of nitrogens with one attached hydrogen (secondary N) is 2. The summed E-state index contributed by atoms with van der Waals surface area (Å²) in [6.45, 7) is 3.22. The fourth-order valence-electron chi connectivity index (χ4n) is 3.15. The molecule has 1 saturated heterocycles. The normalized spacial score (nSPS) is 23.4. The lowest BCUT2D eigenvalue weighted by Gasteiger charge is -2.21. The monoisotopic (exact) mass is 406 g/mol. The van der Waals surface area contributed by atoms with Gasteiger partial charge in [0.15, 0.2) is 5.96 Å². The molecule has 1 aliphatic heterocycles. The summed E-state index contributed by atoms with van der Waals surface area (Å²) in [4.78, 5) is 6.75. The quantitative estimate of drug-likeness (QED) is 0.319. The van der Waals surface area contributed by atoms with E-state index < -0.39 is 0 Å². The Balaban J connectivity index is 0.00000220. The van der Waals surface area contributed by atoms with Gasteiger partial charge < -0.3 is 15.5 Å². The van der Waals surface area contributed by atoms with E-state index in [0.717, 1.165) is 25.5 Å². The highest BCUT2D eigenvalue weighted by Gasteiger charge is 2.20. The van der Waals surface area contributed by atoms with E-state index in [1.807, 2.05) is 7.05 Å². The molecule has 1 unspecified atom stereocenters. The summed E-state index contributed by atoms with van der Waals surface area (Å²) in [5.41, 5.74) is 1.62. The molecule has 0 aromatic heterocycles. The minimum Gasteiger partial charge on any atom is -0.356 e. The molecule has 0 bridgehead atoms. The number of guanidine groups is 1. The maximum absolute atomic E-state index is 4.31. The van der Waals surface area contributed by atoms with Crippen molar-refractivity contribution in [3.8, 4) is 0 Å². The molecule has 2 aliphatic rings. The first kappa shape index (κ1) is 18.7. The van der Waals surface area contributed by atoms with Crippen LogP contribution in [-0.4, -0.2) is 50.6 Å². The third-order valence-electron chi connectivity index (χ3n) is 4.52. The standard InChI is InChI=1S/C16H30N4.HI/c1-17-16(19-13-15-9-6-12-20(15)2)18-11-10-14-7-4-3-5-8-14;/h7,15H,3-6,8-13H2,1-2H3,(H2,17,18,19);1H. The van der Waals surface area contributed by atoms with Gasteiger partial charge in [-0.3, -0.25) is 4.99 Å². The largest absolute Gasteiger partial charge is 0.356 e. The fourth-order valence-corrected chi connectivity index (χ4v) is 3.15. The Hall–Kier alpha value is -0.300. The van der Waals surface area contributed by atoms with E-state index >= 15 is 0 Å². The molecule has 122 valence electrons. The van der Waals surface area contributed by atoms with Crippen molar-refractivity contribution in [3.63, 3.8) is 0 Å². The summed E-state index contributed by atoms with van der Waals surface area (Å²) >= 11 is 0. The Kier molecular flexibility index (Phi) is 9.31. The molecule has 0 aromatic rings. The highest BCUT2D eigenvalue weighted by atomic mass is 127. The summed E-state index contributed by atoms with van der Waals surface area (Å²) in [6, 6.07) is 0.662. The lowest BCUT2D eigenvalue weighted by molar-refractivity contribution is 0.309. The smallest absolute Gasteiger partial charge is 0.191 e. The predicted molar refractivity (Wildman–Crippen MR) is 102 cm³/mol. The van der Waals surface area contributed by atoms with Crippen LogP contribution >= 0.6 is 24.0 Å². The lowest BCUT2D eigenvalue weighted by Crippen LogP contribution is -2.44. The molecule has 0 aromatic carbocycles. The van der Waals surface area contributed by atoms with Crippen LogP contribution in [0.1, 0.15) is 44.9 Å². The van der Waals surface area contributed by atoms with Gasteiger partial charge in [0.25, 0.3) is 0 Å². The van der Waals surface area contributed by atoms with Crippen LogP contribution in [0.15, 0.2) is 16.6 Å². The summed E-state index contributed by atoms with van der Waals surface area (Å²) < 4.78 is 0. The number of nitrogens with zero attached hydrogens (tertiary/aromatic N) is 2. The number of likely N-dealkylation sites (tertiary alicyclic amines) is 1. The molecule has 0 saturated carbocycles. The molecule has 1 atom stereocenters. The summed E-state index contributed by atoms with van der Waals surface area (Å²) in [5, 5.41) is 6.89. The molecule has 2 rings (SSSR count). The zero-order valence-electron chi connectivity index (χ0n) is 13.5. The zero-order valence-corrected chi connectivity index (χ0v) is 15.9. The molecular formula is C16H31IN4. The first-order valence-electron chi connectivity index (χ1n) is 8.12. The number of hydrogen-bond donors (Lipinski definition) is 2. The first-order chi connectivity index (χ1) is 9.79. The maximum Gasteiger partial charge on any atom is 0.191 e. The van der Waals surface area contributed by atoms with Crippen molar-refractivity contribution in [2.75, 3.05) is 33.7 Å². The van der Waals surface area contributed by atoms with E-state index in [0.29, 0.717) is 6.04 Å². The maximum atomic E-state index is 4.31. The van der Waals surface area contributed by atoms with Crippen molar-refractivity contribution in [2.45, 2.75) is 51.0 Å². The Bertz CT molecular complexity index is 354. The van der Waals surface area contributed by atoms with Crippen molar-refractivity contribution in [1.82, 2.24) is 15.5 Å². The molecule has 1 fully saturated rings. The van der Waals surface area contributed by atoms with Gasteiger partial charge in [-0.2, -0.15) is 0 Å². The Morgan fingerprint density at radius 1 is 1.33 bits per heavy atom. The number of rotatable bonds is 5. The van der Waals surface area contributed by atoms with Crippen molar-refractivity contribution >= 4 is 29.9 Å². The summed E-state index contributed by atoms with van der Waals surface area (Å²) in [7, 11) is 4.07. The van der Waals surface area contributed by atoms with Gasteiger partial charge >= 0.3 is 0 Å². The molecule has 0 amide bonds. The van der Waals surface area contributed by atoms with Crippen molar-refractivity contribution in [3.05, 3.63) is 11.6 Å². The second-order valence-electron chi connectivity index (χ2n) is 6.01. The zero-order chi connectivity index (χ0) is 14.2. The molecule has 5 heteroatoms. The van der Waals surface area contributed by atoms with Crippen LogP contribution < -0.4 is 10.6 Å². The molecule has 1 heterocycles. The molecule has 4 nitrogen and oxygen atoms in total. The second kappa shape index (κ2) is 10.4. The van der Waals surface area contributed by atoms with Gasteiger partial charge in [0.05, 0.1) is 0 Å². The molecule has 2 N–H and O–H groups in total. The SMILES string of the molecule is CN=C(NCCC1=CCCCC1)NCC1CCCN1C.I. The number of aliphatic imine (C=N–C) groups is 1. The van der Waals surface area contributed by atoms with Crippen molar-refractivity contribution < 1.29 is 0 Å². The van der Waals surface area contributed by atoms with Crippen LogP contribution in [-0.2, 0) is 0 Å². The molecular weight excluding hydrogens is 375 g/mol. The van der Waals surface area contributed by atoms with Crippen LogP contribution in [0.25, 0.3) is 0 Å². The van der Waals surface area contributed by atoms with Crippen LogP contribution in [0, 0.1) is 0 Å². The van der Waals surface area contributed by atoms with Crippen molar-refractivity contribution in [1.29, 1.82) is 0 Å². The molecule has 0 radical (unpaired) electrons. The Labute approximate surface area is 146 Å². The van der Waals surface area contributed by atoms with Gasteiger partial charge in [-0.25, -0.2) is 0 Å². The van der Waals surface area contributed by atoms with Crippen LogP contribution in [0.4, 0.5) is 0 Å². The van der Waals surface area contributed by atoms with E-state index in [-0.39, 0.29) is 24.0 Å². The van der Waals surface area contributed by atoms with E-state index in [1.54, 1.807) is 5.57 Å².